The summed E-state index contributed by atoms with van der Waals surface area (Å²) in [7, 11) is 0. The first-order chi connectivity index (χ1) is 9.72. The Morgan fingerprint density at radius 1 is 1.15 bits per heavy atom. The van der Waals surface area contributed by atoms with Crippen LogP contribution in [0.25, 0.3) is 10.9 Å². The fourth-order valence-electron chi connectivity index (χ4n) is 2.44. The van der Waals surface area contributed by atoms with E-state index in [0.29, 0.717) is 5.56 Å². The van der Waals surface area contributed by atoms with Gasteiger partial charge in [0.15, 0.2) is 0 Å². The smallest absolute Gasteiger partial charge is 0.336 e. The lowest BCUT2D eigenvalue weighted by Gasteiger charge is -2.06. The predicted octanol–water partition coefficient (Wildman–Crippen LogP) is 4.45. The number of hydrogen-bond donors (Lipinski definition) is 1. The van der Waals surface area contributed by atoms with Crippen LogP contribution in [0, 0.1) is 0 Å². The normalized spacial score (nSPS) is 10.8. The number of hydrogen-bond acceptors (Lipinski definition) is 2. The number of aromatic nitrogens is 1. The average Bonchev–Trinajstić information content (AvgIpc) is 2.46. The standard InChI is InChI=1S/C17H21NO2/c1-2-3-4-5-6-9-13-12-15(17(19)20)14-10-7-8-11-16(14)18-13/h7-8,10-12H,2-6,9H2,1H3,(H,19,20). The summed E-state index contributed by atoms with van der Waals surface area (Å²) >= 11 is 0. The van der Waals surface area contributed by atoms with Crippen LogP contribution in [0.3, 0.4) is 0 Å². The van der Waals surface area contributed by atoms with Gasteiger partial charge in [0.2, 0.25) is 0 Å². The number of aromatic carboxylic acids is 1. The number of aryl methyl sites for hydroxylation is 1. The predicted molar refractivity (Wildman–Crippen MR) is 81.2 cm³/mol. The van der Waals surface area contributed by atoms with Crippen molar-refractivity contribution < 1.29 is 9.90 Å². The fourth-order valence-corrected chi connectivity index (χ4v) is 2.44. The van der Waals surface area contributed by atoms with E-state index < -0.39 is 5.97 Å². The molecule has 106 valence electrons. The minimum Gasteiger partial charge on any atom is -0.478 e. The molecule has 1 heterocycles. The maximum atomic E-state index is 11.4. The molecule has 0 spiro atoms. The second kappa shape index (κ2) is 7.04. The number of carboxylic acid groups (broad SMARTS) is 1. The molecule has 0 bridgehead atoms. The van der Waals surface area contributed by atoms with E-state index in [4.69, 9.17) is 0 Å². The maximum Gasteiger partial charge on any atom is 0.336 e. The monoisotopic (exact) mass is 271 g/mol. The third-order valence-corrected chi connectivity index (χ3v) is 3.54. The van der Waals surface area contributed by atoms with E-state index in [0.717, 1.165) is 29.4 Å². The lowest BCUT2D eigenvalue weighted by Crippen LogP contribution is -2.02. The van der Waals surface area contributed by atoms with Crippen molar-refractivity contribution in [1.29, 1.82) is 0 Å². The summed E-state index contributed by atoms with van der Waals surface area (Å²) in [5.74, 6) is -0.879. The summed E-state index contributed by atoms with van der Waals surface area (Å²) in [6.45, 7) is 2.20. The molecule has 0 amide bonds. The molecule has 0 aliphatic rings. The molecule has 0 aliphatic carbocycles. The van der Waals surface area contributed by atoms with Crippen LogP contribution in [0.2, 0.25) is 0 Å². The number of para-hydroxylation sites is 1. The van der Waals surface area contributed by atoms with Crippen molar-refractivity contribution in [2.45, 2.75) is 45.4 Å². The Balaban J connectivity index is 2.15. The van der Waals surface area contributed by atoms with Crippen LogP contribution in [0.15, 0.2) is 30.3 Å². The highest BCUT2D eigenvalue weighted by Crippen LogP contribution is 2.19. The topological polar surface area (TPSA) is 50.2 Å². The van der Waals surface area contributed by atoms with E-state index in [1.165, 1.54) is 25.7 Å². The Hall–Kier alpha value is -1.90. The van der Waals surface area contributed by atoms with Crippen LogP contribution in [0.1, 0.15) is 55.1 Å². The quantitative estimate of drug-likeness (QED) is 0.757. The number of pyridine rings is 1. The zero-order chi connectivity index (χ0) is 14.4. The fraction of sp³-hybridized carbons (Fsp3) is 0.412. The van der Waals surface area contributed by atoms with Crippen LogP contribution < -0.4 is 0 Å². The Bertz CT molecular complexity index is 593. The molecule has 1 aromatic carbocycles. The molecule has 1 N–H and O–H groups in total. The van der Waals surface area contributed by atoms with Gasteiger partial charge in [0.1, 0.15) is 0 Å². The summed E-state index contributed by atoms with van der Waals surface area (Å²) in [4.78, 5) is 15.9. The van der Waals surface area contributed by atoms with E-state index in [1.54, 1.807) is 6.07 Å². The van der Waals surface area contributed by atoms with Gasteiger partial charge in [-0.1, -0.05) is 50.8 Å². The molecule has 0 unspecified atom stereocenters. The largest absolute Gasteiger partial charge is 0.478 e. The first-order valence-electron chi connectivity index (χ1n) is 7.34. The molecular weight excluding hydrogens is 250 g/mol. The van der Waals surface area contributed by atoms with Gasteiger partial charge >= 0.3 is 5.97 Å². The molecule has 20 heavy (non-hydrogen) atoms. The van der Waals surface area contributed by atoms with Crippen molar-refractivity contribution in [2.75, 3.05) is 0 Å². The molecule has 0 saturated heterocycles. The van der Waals surface area contributed by atoms with Gasteiger partial charge in [-0.3, -0.25) is 4.98 Å². The zero-order valence-electron chi connectivity index (χ0n) is 11.9. The van der Waals surface area contributed by atoms with E-state index in [-0.39, 0.29) is 0 Å². The minimum atomic E-state index is -0.879. The third-order valence-electron chi connectivity index (χ3n) is 3.54. The van der Waals surface area contributed by atoms with E-state index in [2.05, 4.69) is 11.9 Å². The second-order valence-corrected chi connectivity index (χ2v) is 5.15. The van der Waals surface area contributed by atoms with Crippen LogP contribution >= 0.6 is 0 Å². The number of rotatable bonds is 7. The van der Waals surface area contributed by atoms with Gasteiger partial charge in [0.25, 0.3) is 0 Å². The molecule has 3 nitrogen and oxygen atoms in total. The number of fused-ring (bicyclic) bond motifs is 1. The van der Waals surface area contributed by atoms with Crippen molar-refractivity contribution in [3.8, 4) is 0 Å². The highest BCUT2D eigenvalue weighted by molar-refractivity contribution is 6.02. The van der Waals surface area contributed by atoms with Gasteiger partial charge in [0.05, 0.1) is 11.1 Å². The van der Waals surface area contributed by atoms with Crippen LogP contribution in [0.5, 0.6) is 0 Å². The lowest BCUT2D eigenvalue weighted by atomic mass is 10.0. The van der Waals surface area contributed by atoms with Crippen molar-refractivity contribution in [1.82, 2.24) is 4.98 Å². The van der Waals surface area contributed by atoms with Gasteiger partial charge < -0.3 is 5.11 Å². The Labute approximate surface area is 119 Å². The highest BCUT2D eigenvalue weighted by Gasteiger charge is 2.11. The molecule has 2 rings (SSSR count). The second-order valence-electron chi connectivity index (χ2n) is 5.15. The van der Waals surface area contributed by atoms with Gasteiger partial charge in [0, 0.05) is 11.1 Å². The number of unbranched alkanes of at least 4 members (excludes halogenated alkanes) is 4. The summed E-state index contributed by atoms with van der Waals surface area (Å²) < 4.78 is 0. The molecule has 3 heteroatoms. The molecule has 0 radical (unpaired) electrons. The molecule has 0 saturated carbocycles. The van der Waals surface area contributed by atoms with E-state index >= 15 is 0 Å². The van der Waals surface area contributed by atoms with Crippen molar-refractivity contribution in [3.63, 3.8) is 0 Å². The summed E-state index contributed by atoms with van der Waals surface area (Å²) in [5.41, 5.74) is 2.02. The van der Waals surface area contributed by atoms with E-state index in [1.807, 2.05) is 24.3 Å². The van der Waals surface area contributed by atoms with Crippen molar-refractivity contribution in [3.05, 3.63) is 41.6 Å². The summed E-state index contributed by atoms with van der Waals surface area (Å²) in [6, 6.07) is 9.16. The van der Waals surface area contributed by atoms with Crippen LogP contribution in [-0.2, 0) is 6.42 Å². The van der Waals surface area contributed by atoms with Gasteiger partial charge in [-0.2, -0.15) is 0 Å². The highest BCUT2D eigenvalue weighted by atomic mass is 16.4. The van der Waals surface area contributed by atoms with Gasteiger partial charge in [-0.05, 0) is 25.0 Å². The molecule has 0 aliphatic heterocycles. The SMILES string of the molecule is CCCCCCCc1cc(C(=O)O)c2ccccc2n1. The number of carbonyl (C=O) groups is 1. The minimum absolute atomic E-state index is 0.360. The molecule has 0 fully saturated rings. The molecule has 2 aromatic rings. The Kier molecular flexibility index (Phi) is 5.10. The third kappa shape index (κ3) is 3.56. The maximum absolute atomic E-state index is 11.4. The van der Waals surface area contributed by atoms with Gasteiger partial charge in [-0.25, -0.2) is 4.79 Å². The van der Waals surface area contributed by atoms with Crippen molar-refractivity contribution in [2.24, 2.45) is 0 Å². The average molecular weight is 271 g/mol. The number of carboxylic acids is 1. The summed E-state index contributed by atoms with van der Waals surface area (Å²) in [6.07, 6.45) is 6.86. The lowest BCUT2D eigenvalue weighted by molar-refractivity contribution is 0.0699. The Morgan fingerprint density at radius 2 is 1.90 bits per heavy atom. The molecule has 1 aromatic heterocycles. The first-order valence-corrected chi connectivity index (χ1v) is 7.34. The summed E-state index contributed by atoms with van der Waals surface area (Å²) in [5, 5.41) is 10.0. The molecule has 0 atom stereocenters. The number of nitrogens with zero attached hydrogens (tertiary/aromatic N) is 1. The Morgan fingerprint density at radius 3 is 2.65 bits per heavy atom. The zero-order valence-corrected chi connectivity index (χ0v) is 11.9. The van der Waals surface area contributed by atoms with Crippen molar-refractivity contribution >= 4 is 16.9 Å². The van der Waals surface area contributed by atoms with Crippen LogP contribution in [0.4, 0.5) is 0 Å². The van der Waals surface area contributed by atoms with Gasteiger partial charge in [-0.15, -0.1) is 0 Å². The molecular formula is C17H21NO2. The van der Waals surface area contributed by atoms with E-state index in [9.17, 15) is 9.90 Å². The van der Waals surface area contributed by atoms with Crippen LogP contribution in [-0.4, -0.2) is 16.1 Å². The number of benzene rings is 1. The first kappa shape index (κ1) is 14.5.